The third-order valence-electron chi connectivity index (χ3n) is 3.81. The molecule has 2 atom stereocenters. The lowest BCUT2D eigenvalue weighted by Gasteiger charge is -2.24. The van der Waals surface area contributed by atoms with E-state index in [4.69, 9.17) is 0 Å². The van der Waals surface area contributed by atoms with E-state index in [1.807, 2.05) is 35.1 Å². The monoisotopic (exact) mass is 316 g/mol. The minimum Gasteiger partial charge on any atom is -0.309 e. The second-order valence-electron chi connectivity index (χ2n) is 5.30. The zero-order valence-electron chi connectivity index (χ0n) is 12.4. The minimum atomic E-state index is 0.372. The van der Waals surface area contributed by atoms with Gasteiger partial charge in [0.15, 0.2) is 0 Å². The molecular formula is C17H20N2S2. The summed E-state index contributed by atoms with van der Waals surface area (Å²) in [7, 11) is 0. The molecule has 0 aromatic carbocycles. The average molecular weight is 316 g/mol. The maximum absolute atomic E-state index is 4.13. The Bertz CT molecular complexity index is 658. The Kier molecular flexibility index (Phi) is 4.68. The van der Waals surface area contributed by atoms with E-state index in [2.05, 4.69) is 53.8 Å². The molecule has 4 heteroatoms. The number of aromatic nitrogens is 1. The maximum Gasteiger partial charge on any atom is 0.0482 e. The van der Waals surface area contributed by atoms with Gasteiger partial charge in [0.25, 0.3) is 0 Å². The first-order valence-corrected chi connectivity index (χ1v) is 9.09. The first kappa shape index (κ1) is 14.7. The number of nitrogens with one attached hydrogen (secondary N) is 1. The van der Waals surface area contributed by atoms with Gasteiger partial charge in [-0.15, -0.1) is 22.7 Å². The van der Waals surface area contributed by atoms with Crippen LogP contribution in [0.3, 0.4) is 0 Å². The van der Waals surface area contributed by atoms with Crippen LogP contribution in [0, 0.1) is 0 Å². The summed E-state index contributed by atoms with van der Waals surface area (Å²) in [4.78, 5) is 5.57. The van der Waals surface area contributed by atoms with Gasteiger partial charge in [-0.2, -0.15) is 0 Å². The van der Waals surface area contributed by atoms with E-state index >= 15 is 0 Å². The van der Waals surface area contributed by atoms with Crippen LogP contribution in [0.25, 0.3) is 9.40 Å². The number of rotatable bonds is 6. The Morgan fingerprint density at radius 3 is 2.71 bits per heavy atom. The molecule has 0 radical (unpaired) electrons. The van der Waals surface area contributed by atoms with Crippen LogP contribution in [-0.4, -0.2) is 11.5 Å². The number of fused-ring (bicyclic) bond motifs is 1. The van der Waals surface area contributed by atoms with Gasteiger partial charge in [-0.3, -0.25) is 4.98 Å². The fraction of sp³-hybridized carbons (Fsp3) is 0.353. The number of pyridine rings is 1. The molecule has 0 saturated carbocycles. The zero-order valence-corrected chi connectivity index (χ0v) is 14.0. The lowest BCUT2D eigenvalue weighted by molar-refractivity contribution is 0.473. The molecule has 0 aliphatic heterocycles. The summed E-state index contributed by atoms with van der Waals surface area (Å²) in [5, 5.41) is 5.90. The number of nitrogens with zero attached hydrogens (tertiary/aromatic N) is 1. The molecule has 3 heterocycles. The van der Waals surface area contributed by atoms with Gasteiger partial charge >= 0.3 is 0 Å². The molecule has 2 nitrogen and oxygen atoms in total. The molecule has 0 bridgehead atoms. The predicted octanol–water partition coefficient (Wildman–Crippen LogP) is 5.20. The van der Waals surface area contributed by atoms with E-state index in [0.29, 0.717) is 12.0 Å². The molecule has 0 fully saturated rings. The van der Waals surface area contributed by atoms with E-state index in [9.17, 15) is 0 Å². The standard InChI is InChI=1S/C17H20N2S2/c1-3-7-19-17(12(2)13-4-8-18-9-5-13)16-11-15-14(21-16)6-10-20-15/h4-6,8-12,17,19H,3,7H2,1-2H3. The van der Waals surface area contributed by atoms with E-state index in [1.165, 1.54) is 19.8 Å². The van der Waals surface area contributed by atoms with Crippen LogP contribution in [0.5, 0.6) is 0 Å². The highest BCUT2D eigenvalue weighted by atomic mass is 32.1. The first-order valence-electron chi connectivity index (χ1n) is 7.40. The highest BCUT2D eigenvalue weighted by Crippen LogP contribution is 2.38. The summed E-state index contributed by atoms with van der Waals surface area (Å²) in [6.07, 6.45) is 4.92. The fourth-order valence-corrected chi connectivity index (χ4v) is 4.92. The Morgan fingerprint density at radius 1 is 1.19 bits per heavy atom. The van der Waals surface area contributed by atoms with Gasteiger partial charge < -0.3 is 5.32 Å². The second kappa shape index (κ2) is 6.69. The van der Waals surface area contributed by atoms with Crippen LogP contribution >= 0.6 is 22.7 Å². The van der Waals surface area contributed by atoms with E-state index in [-0.39, 0.29) is 0 Å². The van der Waals surface area contributed by atoms with E-state index in [1.54, 1.807) is 0 Å². The molecular weight excluding hydrogens is 296 g/mol. The van der Waals surface area contributed by atoms with Gasteiger partial charge in [0.05, 0.1) is 0 Å². The van der Waals surface area contributed by atoms with Crippen molar-refractivity contribution in [3.63, 3.8) is 0 Å². The van der Waals surface area contributed by atoms with Gasteiger partial charge in [0, 0.05) is 38.6 Å². The highest BCUT2D eigenvalue weighted by molar-refractivity contribution is 7.26. The van der Waals surface area contributed by atoms with Crippen molar-refractivity contribution in [2.24, 2.45) is 0 Å². The smallest absolute Gasteiger partial charge is 0.0482 e. The van der Waals surface area contributed by atoms with Gasteiger partial charge in [0.1, 0.15) is 0 Å². The molecule has 21 heavy (non-hydrogen) atoms. The van der Waals surface area contributed by atoms with Gasteiger partial charge in [0.2, 0.25) is 0 Å². The fourth-order valence-electron chi connectivity index (χ4n) is 2.62. The molecule has 2 unspecified atom stereocenters. The Morgan fingerprint density at radius 2 is 2.00 bits per heavy atom. The lowest BCUT2D eigenvalue weighted by atomic mass is 9.93. The van der Waals surface area contributed by atoms with Gasteiger partial charge in [-0.05, 0) is 48.2 Å². The molecule has 0 amide bonds. The van der Waals surface area contributed by atoms with E-state index in [0.717, 1.165) is 13.0 Å². The quantitative estimate of drug-likeness (QED) is 0.676. The van der Waals surface area contributed by atoms with Crippen LogP contribution in [0.1, 0.15) is 42.7 Å². The predicted molar refractivity (Wildman–Crippen MR) is 93.4 cm³/mol. The SMILES string of the molecule is CCCNC(c1cc2sccc2s1)C(C)c1ccncc1. The van der Waals surface area contributed by atoms with Crippen molar-refractivity contribution in [1.29, 1.82) is 0 Å². The molecule has 3 aromatic rings. The largest absolute Gasteiger partial charge is 0.309 e. The molecule has 110 valence electrons. The van der Waals surface area contributed by atoms with Crippen molar-refractivity contribution in [2.45, 2.75) is 32.2 Å². The van der Waals surface area contributed by atoms with Crippen LogP contribution in [-0.2, 0) is 0 Å². The Balaban J connectivity index is 1.91. The second-order valence-corrected chi connectivity index (χ2v) is 7.36. The normalized spacial score (nSPS) is 14.4. The Hall–Kier alpha value is -1.23. The van der Waals surface area contributed by atoms with Crippen molar-refractivity contribution in [3.05, 3.63) is 52.5 Å². The highest BCUT2D eigenvalue weighted by Gasteiger charge is 2.22. The minimum absolute atomic E-state index is 0.372. The number of hydrogen-bond acceptors (Lipinski definition) is 4. The van der Waals surface area contributed by atoms with Crippen LogP contribution in [0.2, 0.25) is 0 Å². The molecule has 1 N–H and O–H groups in total. The topological polar surface area (TPSA) is 24.9 Å². The first-order chi connectivity index (χ1) is 10.3. The van der Waals surface area contributed by atoms with Gasteiger partial charge in [-0.25, -0.2) is 0 Å². The number of hydrogen-bond donors (Lipinski definition) is 1. The van der Waals surface area contributed by atoms with Crippen molar-refractivity contribution in [2.75, 3.05) is 6.54 Å². The third kappa shape index (κ3) is 3.18. The zero-order chi connectivity index (χ0) is 14.7. The number of thiophene rings is 2. The van der Waals surface area contributed by atoms with Crippen molar-refractivity contribution >= 4 is 32.1 Å². The van der Waals surface area contributed by atoms with E-state index < -0.39 is 0 Å². The molecule has 0 aliphatic rings. The summed E-state index contributed by atoms with van der Waals surface area (Å²) >= 11 is 3.75. The van der Waals surface area contributed by atoms with Crippen molar-refractivity contribution in [1.82, 2.24) is 10.3 Å². The molecule has 3 aromatic heterocycles. The summed E-state index contributed by atoms with van der Waals surface area (Å²) in [6.45, 7) is 5.57. The van der Waals surface area contributed by atoms with Crippen molar-refractivity contribution < 1.29 is 0 Å². The van der Waals surface area contributed by atoms with Crippen LogP contribution in [0.4, 0.5) is 0 Å². The Labute approximate surface area is 133 Å². The average Bonchev–Trinajstić information content (AvgIpc) is 3.10. The third-order valence-corrected chi connectivity index (χ3v) is 5.99. The lowest BCUT2D eigenvalue weighted by Crippen LogP contribution is -2.26. The van der Waals surface area contributed by atoms with Gasteiger partial charge in [-0.1, -0.05) is 13.8 Å². The summed E-state index contributed by atoms with van der Waals surface area (Å²) in [5.41, 5.74) is 1.34. The molecule has 0 spiro atoms. The van der Waals surface area contributed by atoms with Crippen LogP contribution in [0.15, 0.2) is 42.0 Å². The van der Waals surface area contributed by atoms with Crippen molar-refractivity contribution in [3.8, 4) is 0 Å². The molecule has 0 aliphatic carbocycles. The summed E-state index contributed by atoms with van der Waals surface area (Å²) in [6, 6.07) is 9.21. The summed E-state index contributed by atoms with van der Waals surface area (Å²) in [5.74, 6) is 0.437. The summed E-state index contributed by atoms with van der Waals surface area (Å²) < 4.78 is 2.81. The molecule has 3 rings (SSSR count). The van der Waals surface area contributed by atoms with Crippen LogP contribution < -0.4 is 5.32 Å². The molecule has 0 saturated heterocycles. The maximum atomic E-state index is 4.13.